The molecule has 0 unspecified atom stereocenters. The van der Waals surface area contributed by atoms with Gasteiger partial charge >= 0.3 is 0 Å². The van der Waals surface area contributed by atoms with Crippen molar-refractivity contribution in [2.75, 3.05) is 20.1 Å². The molecule has 2 atom stereocenters. The van der Waals surface area contributed by atoms with Gasteiger partial charge in [-0.2, -0.15) is 0 Å². The van der Waals surface area contributed by atoms with E-state index in [0.717, 1.165) is 22.8 Å². The molecule has 7 heteroatoms. The van der Waals surface area contributed by atoms with Crippen molar-refractivity contribution in [3.8, 4) is 0 Å². The fourth-order valence-corrected chi connectivity index (χ4v) is 3.93. The number of hydrogen-bond donors (Lipinski definition) is 1. The number of benzene rings is 1. The average molecular weight is 355 g/mol. The van der Waals surface area contributed by atoms with Crippen LogP contribution in [-0.2, 0) is 13.1 Å². The number of likely N-dealkylation sites (N-methyl/N-ethyl adjacent to an activating group) is 1. The Balaban J connectivity index is 1.54. The Bertz CT molecular complexity index is 846. The molecule has 2 aliphatic rings. The van der Waals surface area contributed by atoms with Crippen LogP contribution in [0.3, 0.4) is 0 Å². The van der Waals surface area contributed by atoms with E-state index in [1.54, 1.807) is 0 Å². The summed E-state index contributed by atoms with van der Waals surface area (Å²) >= 11 is 0. The van der Waals surface area contributed by atoms with E-state index in [4.69, 9.17) is 0 Å². The van der Waals surface area contributed by atoms with E-state index in [0.29, 0.717) is 32.6 Å². The first kappa shape index (κ1) is 17.2. The summed E-state index contributed by atoms with van der Waals surface area (Å²) in [5, 5.41) is 18.6. The zero-order valence-electron chi connectivity index (χ0n) is 15.5. The second-order valence-electron chi connectivity index (χ2n) is 7.50. The summed E-state index contributed by atoms with van der Waals surface area (Å²) in [6.45, 7) is 6.53. The topological polar surface area (TPSA) is 74.5 Å². The van der Waals surface area contributed by atoms with E-state index >= 15 is 0 Å². The lowest BCUT2D eigenvalue weighted by Gasteiger charge is -2.29. The number of aryl methyl sites for hydroxylation is 2. The van der Waals surface area contributed by atoms with Crippen LogP contribution in [0.4, 0.5) is 0 Å². The molecule has 0 bridgehead atoms. The quantitative estimate of drug-likeness (QED) is 0.879. The predicted octanol–water partition coefficient (Wildman–Crippen LogP) is 1.29. The molecule has 1 aromatic carbocycles. The number of aromatic nitrogens is 3. The summed E-state index contributed by atoms with van der Waals surface area (Å²) in [5.74, 6) is 1.76. The van der Waals surface area contributed by atoms with Crippen LogP contribution in [0.25, 0.3) is 0 Å². The minimum atomic E-state index is -0.315. The van der Waals surface area contributed by atoms with Gasteiger partial charge in [-0.1, -0.05) is 6.07 Å². The molecule has 0 saturated carbocycles. The van der Waals surface area contributed by atoms with Gasteiger partial charge in [0.1, 0.15) is 0 Å². The normalized spacial score (nSPS) is 23.3. The van der Waals surface area contributed by atoms with Gasteiger partial charge in [-0.25, -0.2) is 0 Å². The molecule has 7 nitrogen and oxygen atoms in total. The molecule has 138 valence electrons. The van der Waals surface area contributed by atoms with E-state index in [1.807, 2.05) is 44.0 Å². The molecule has 1 saturated heterocycles. The summed E-state index contributed by atoms with van der Waals surface area (Å²) in [4.78, 5) is 16.8. The number of β-amino-alcohol motifs (C(OH)–C–C–N with tert-alkyl or cyclic N) is 1. The largest absolute Gasteiger partial charge is 0.392 e. The molecule has 1 N–H and O–H groups in total. The van der Waals surface area contributed by atoms with Crippen LogP contribution in [0.1, 0.15) is 45.6 Å². The van der Waals surface area contributed by atoms with Gasteiger partial charge in [0.15, 0.2) is 11.6 Å². The summed E-state index contributed by atoms with van der Waals surface area (Å²) in [6.07, 6.45) is 0.365. The molecule has 0 spiro atoms. The molecule has 26 heavy (non-hydrogen) atoms. The zero-order chi connectivity index (χ0) is 18.4. The van der Waals surface area contributed by atoms with Crippen molar-refractivity contribution in [2.45, 2.75) is 45.5 Å². The SMILES string of the molecule is Cc1ccc(C(=O)N2CCn3c(nnc3[C@@H]3C[C@@H](O)CN3C)C2)cc1C. The van der Waals surface area contributed by atoms with Crippen LogP contribution >= 0.6 is 0 Å². The van der Waals surface area contributed by atoms with Gasteiger partial charge in [-0.15, -0.1) is 10.2 Å². The number of carbonyl (C=O) groups excluding carboxylic acids is 1. The molecular weight excluding hydrogens is 330 g/mol. The third kappa shape index (κ3) is 2.91. The fourth-order valence-electron chi connectivity index (χ4n) is 3.93. The highest BCUT2D eigenvalue weighted by Gasteiger charge is 2.35. The van der Waals surface area contributed by atoms with Crippen molar-refractivity contribution in [3.05, 3.63) is 46.5 Å². The predicted molar refractivity (Wildman–Crippen MR) is 96.7 cm³/mol. The second kappa shape index (κ2) is 6.48. The summed E-state index contributed by atoms with van der Waals surface area (Å²) in [7, 11) is 2.00. The number of fused-ring (bicyclic) bond motifs is 1. The van der Waals surface area contributed by atoms with Crippen LogP contribution < -0.4 is 0 Å². The first-order valence-corrected chi connectivity index (χ1v) is 9.11. The third-order valence-corrected chi connectivity index (χ3v) is 5.65. The number of hydrogen-bond acceptors (Lipinski definition) is 5. The fraction of sp³-hybridized carbons (Fsp3) is 0.526. The molecule has 1 fully saturated rings. The lowest BCUT2D eigenvalue weighted by atomic mass is 10.1. The van der Waals surface area contributed by atoms with Gasteiger partial charge < -0.3 is 14.6 Å². The molecule has 0 radical (unpaired) electrons. The maximum atomic E-state index is 12.9. The first-order chi connectivity index (χ1) is 12.4. The molecule has 2 aromatic rings. The number of aliphatic hydroxyl groups excluding tert-OH is 1. The van der Waals surface area contributed by atoms with Crippen molar-refractivity contribution < 1.29 is 9.90 Å². The maximum Gasteiger partial charge on any atom is 0.254 e. The summed E-state index contributed by atoms with van der Waals surface area (Å²) in [5.41, 5.74) is 3.04. The van der Waals surface area contributed by atoms with Crippen molar-refractivity contribution in [1.82, 2.24) is 24.6 Å². The monoisotopic (exact) mass is 355 g/mol. The Kier molecular flexibility index (Phi) is 4.28. The highest BCUT2D eigenvalue weighted by molar-refractivity contribution is 5.94. The number of carbonyl (C=O) groups is 1. The van der Waals surface area contributed by atoms with Crippen LogP contribution in [0.2, 0.25) is 0 Å². The average Bonchev–Trinajstić information content (AvgIpc) is 3.18. The van der Waals surface area contributed by atoms with Crippen molar-refractivity contribution in [3.63, 3.8) is 0 Å². The molecular formula is C19H25N5O2. The van der Waals surface area contributed by atoms with Gasteiger partial charge in [-0.3, -0.25) is 9.69 Å². The first-order valence-electron chi connectivity index (χ1n) is 9.11. The van der Waals surface area contributed by atoms with Gasteiger partial charge in [0, 0.05) is 25.2 Å². The van der Waals surface area contributed by atoms with E-state index in [1.165, 1.54) is 5.56 Å². The molecule has 0 aliphatic carbocycles. The van der Waals surface area contributed by atoms with E-state index in [-0.39, 0.29) is 18.1 Å². The van der Waals surface area contributed by atoms with Gasteiger partial charge in [0.2, 0.25) is 0 Å². The Morgan fingerprint density at radius 2 is 2.00 bits per heavy atom. The standard InChI is InChI=1S/C19H25N5O2/c1-12-4-5-14(8-13(12)2)19(26)23-6-7-24-17(11-23)20-21-18(24)16-9-15(25)10-22(16)3/h4-5,8,15-16,25H,6-7,9-11H2,1-3H3/t15-,16+/m1/s1. The highest BCUT2D eigenvalue weighted by Crippen LogP contribution is 2.31. The molecule has 1 aromatic heterocycles. The number of nitrogens with zero attached hydrogens (tertiary/aromatic N) is 5. The highest BCUT2D eigenvalue weighted by atomic mass is 16.3. The summed E-state index contributed by atoms with van der Waals surface area (Å²) < 4.78 is 2.11. The smallest absolute Gasteiger partial charge is 0.254 e. The third-order valence-electron chi connectivity index (χ3n) is 5.65. The Morgan fingerprint density at radius 3 is 2.69 bits per heavy atom. The lowest BCUT2D eigenvalue weighted by Crippen LogP contribution is -2.39. The van der Waals surface area contributed by atoms with Gasteiger partial charge in [0.05, 0.1) is 18.7 Å². The number of rotatable bonds is 2. The van der Waals surface area contributed by atoms with Crippen LogP contribution in [0, 0.1) is 13.8 Å². The van der Waals surface area contributed by atoms with Crippen molar-refractivity contribution in [1.29, 1.82) is 0 Å². The van der Waals surface area contributed by atoms with E-state index in [2.05, 4.69) is 19.7 Å². The van der Waals surface area contributed by atoms with Crippen LogP contribution in [0.5, 0.6) is 0 Å². The van der Waals surface area contributed by atoms with E-state index < -0.39 is 0 Å². The minimum absolute atomic E-state index is 0.0392. The van der Waals surface area contributed by atoms with Crippen molar-refractivity contribution >= 4 is 5.91 Å². The molecule has 2 aliphatic heterocycles. The van der Waals surface area contributed by atoms with Crippen LogP contribution in [-0.4, -0.2) is 61.8 Å². The molecule has 1 amide bonds. The lowest BCUT2D eigenvalue weighted by molar-refractivity contribution is 0.0705. The molecule has 4 rings (SSSR count). The van der Waals surface area contributed by atoms with Crippen molar-refractivity contribution in [2.24, 2.45) is 0 Å². The Labute approximate surface area is 153 Å². The second-order valence-corrected chi connectivity index (χ2v) is 7.50. The Hall–Kier alpha value is -2.25. The maximum absolute atomic E-state index is 12.9. The Morgan fingerprint density at radius 1 is 1.19 bits per heavy atom. The summed E-state index contributed by atoms with van der Waals surface area (Å²) in [6, 6.07) is 5.93. The van der Waals surface area contributed by atoms with Gasteiger partial charge in [0.25, 0.3) is 5.91 Å². The van der Waals surface area contributed by atoms with Crippen LogP contribution in [0.15, 0.2) is 18.2 Å². The minimum Gasteiger partial charge on any atom is -0.392 e. The number of aliphatic hydroxyl groups is 1. The zero-order valence-corrected chi connectivity index (χ0v) is 15.5. The van der Waals surface area contributed by atoms with Gasteiger partial charge in [-0.05, 0) is 50.6 Å². The molecule has 3 heterocycles. The van der Waals surface area contributed by atoms with E-state index in [9.17, 15) is 9.90 Å². The number of likely N-dealkylation sites (tertiary alicyclic amines) is 1. The number of amides is 1.